The number of nitrogens with two attached hydrogens (primary N) is 1. The van der Waals surface area contributed by atoms with Crippen molar-refractivity contribution in [3.63, 3.8) is 0 Å². The van der Waals surface area contributed by atoms with Crippen LogP contribution >= 0.6 is 11.6 Å². The van der Waals surface area contributed by atoms with E-state index in [1.807, 2.05) is 42.5 Å². The molecule has 1 saturated heterocycles. The summed E-state index contributed by atoms with van der Waals surface area (Å²) in [7, 11) is 0. The lowest BCUT2D eigenvalue weighted by Gasteiger charge is -2.38. The second kappa shape index (κ2) is 11.5. The predicted octanol–water partition coefficient (Wildman–Crippen LogP) is 2.53. The molecule has 0 aromatic heterocycles. The van der Waals surface area contributed by atoms with Crippen molar-refractivity contribution >= 4 is 29.2 Å². The highest BCUT2D eigenvalue weighted by Crippen LogP contribution is 2.26. The molecule has 0 aliphatic carbocycles. The third-order valence-corrected chi connectivity index (χ3v) is 5.39. The molecule has 2 aromatic rings. The maximum atomic E-state index is 10.8. The molecule has 0 unspecified atom stereocenters. The van der Waals surface area contributed by atoms with E-state index in [2.05, 4.69) is 28.1 Å². The summed E-state index contributed by atoms with van der Waals surface area (Å²) in [5.74, 6) is 1.10. The maximum absolute atomic E-state index is 10.8. The minimum Gasteiger partial charge on any atom is -0.484 e. The van der Waals surface area contributed by atoms with E-state index in [1.54, 1.807) is 0 Å². The van der Waals surface area contributed by atoms with E-state index in [0.29, 0.717) is 12.3 Å². The second-order valence-corrected chi connectivity index (χ2v) is 7.72. The van der Waals surface area contributed by atoms with Crippen LogP contribution in [0.15, 0.2) is 53.5 Å². The molecule has 2 aromatic carbocycles. The van der Waals surface area contributed by atoms with Gasteiger partial charge in [0.25, 0.3) is 5.91 Å². The number of primary amides is 1. The van der Waals surface area contributed by atoms with Gasteiger partial charge in [-0.3, -0.25) is 9.79 Å². The van der Waals surface area contributed by atoms with Crippen LogP contribution in [-0.4, -0.2) is 62.6 Å². The van der Waals surface area contributed by atoms with E-state index in [9.17, 15) is 4.79 Å². The number of carbonyl (C=O) groups is 1. The Balaban J connectivity index is 1.52. The number of amides is 1. The summed E-state index contributed by atoms with van der Waals surface area (Å²) in [6.45, 7) is 7.08. The van der Waals surface area contributed by atoms with Crippen molar-refractivity contribution in [1.82, 2.24) is 10.2 Å². The van der Waals surface area contributed by atoms with E-state index < -0.39 is 5.91 Å². The highest BCUT2D eigenvalue weighted by atomic mass is 35.5. The first-order valence-corrected chi connectivity index (χ1v) is 11.0. The van der Waals surface area contributed by atoms with Crippen LogP contribution in [0.4, 0.5) is 5.69 Å². The van der Waals surface area contributed by atoms with Gasteiger partial charge in [-0.1, -0.05) is 35.9 Å². The zero-order valence-electron chi connectivity index (χ0n) is 17.9. The first-order valence-electron chi connectivity index (χ1n) is 10.6. The van der Waals surface area contributed by atoms with Gasteiger partial charge in [0, 0.05) is 39.3 Å². The number of benzene rings is 2. The maximum Gasteiger partial charge on any atom is 0.255 e. The number of guanidine groups is 1. The van der Waals surface area contributed by atoms with Gasteiger partial charge >= 0.3 is 0 Å². The summed E-state index contributed by atoms with van der Waals surface area (Å²) in [6.07, 6.45) is 0.824. The van der Waals surface area contributed by atoms with Gasteiger partial charge < -0.3 is 25.6 Å². The molecule has 0 bridgehead atoms. The molecular weight excluding hydrogens is 414 g/mol. The van der Waals surface area contributed by atoms with Crippen molar-refractivity contribution in [2.24, 2.45) is 10.7 Å². The average molecular weight is 444 g/mol. The quantitative estimate of drug-likeness (QED) is 0.484. The predicted molar refractivity (Wildman–Crippen MR) is 126 cm³/mol. The topological polar surface area (TPSA) is 83.2 Å². The van der Waals surface area contributed by atoms with Crippen LogP contribution in [0.3, 0.4) is 0 Å². The smallest absolute Gasteiger partial charge is 0.255 e. The lowest BCUT2D eigenvalue weighted by Crippen LogP contribution is -2.52. The first kappa shape index (κ1) is 22.7. The average Bonchev–Trinajstić information content (AvgIpc) is 2.78. The number of hydrogen-bond donors (Lipinski definition) is 2. The van der Waals surface area contributed by atoms with E-state index >= 15 is 0 Å². The largest absolute Gasteiger partial charge is 0.484 e. The minimum atomic E-state index is -0.484. The molecule has 0 saturated carbocycles. The summed E-state index contributed by atoms with van der Waals surface area (Å²) >= 11 is 6.35. The Hall–Kier alpha value is -2.93. The van der Waals surface area contributed by atoms with Crippen molar-refractivity contribution in [1.29, 1.82) is 0 Å². The van der Waals surface area contributed by atoms with Gasteiger partial charge in [-0.05, 0) is 43.2 Å². The molecule has 3 rings (SSSR count). The Morgan fingerprint density at radius 1 is 1.13 bits per heavy atom. The number of aliphatic imine (C=N–C) groups is 1. The molecule has 0 spiro atoms. The third kappa shape index (κ3) is 6.79. The number of para-hydroxylation sites is 1. The normalized spacial score (nSPS) is 14.5. The summed E-state index contributed by atoms with van der Waals surface area (Å²) in [5.41, 5.74) is 7.35. The van der Waals surface area contributed by atoms with Crippen LogP contribution in [-0.2, 0) is 11.2 Å². The zero-order chi connectivity index (χ0) is 22.1. The molecule has 1 amide bonds. The molecule has 8 heteroatoms. The van der Waals surface area contributed by atoms with Crippen molar-refractivity contribution < 1.29 is 9.53 Å². The molecule has 166 valence electrons. The molecule has 31 heavy (non-hydrogen) atoms. The second-order valence-electron chi connectivity index (χ2n) is 7.31. The summed E-state index contributed by atoms with van der Waals surface area (Å²) in [4.78, 5) is 20.2. The lowest BCUT2D eigenvalue weighted by molar-refractivity contribution is -0.119. The molecule has 1 heterocycles. The van der Waals surface area contributed by atoms with Crippen LogP contribution in [0.25, 0.3) is 0 Å². The van der Waals surface area contributed by atoms with Gasteiger partial charge in [-0.25, -0.2) is 0 Å². The molecule has 1 aliphatic rings. The Labute approximate surface area is 188 Å². The lowest BCUT2D eigenvalue weighted by atomic mass is 10.1. The Bertz CT molecular complexity index is 880. The summed E-state index contributed by atoms with van der Waals surface area (Å²) in [6, 6.07) is 15.7. The van der Waals surface area contributed by atoms with Crippen LogP contribution in [0.2, 0.25) is 5.02 Å². The Morgan fingerprint density at radius 2 is 1.84 bits per heavy atom. The van der Waals surface area contributed by atoms with Gasteiger partial charge in [0.2, 0.25) is 0 Å². The van der Waals surface area contributed by atoms with Crippen molar-refractivity contribution in [2.45, 2.75) is 13.3 Å². The molecule has 0 radical (unpaired) electrons. The van der Waals surface area contributed by atoms with Crippen molar-refractivity contribution in [3.05, 3.63) is 59.1 Å². The SMILES string of the molecule is CCNC(=NCCc1ccc(OCC(N)=O)cc1)N1CCN(c2ccccc2Cl)CC1. The van der Waals surface area contributed by atoms with Crippen molar-refractivity contribution in [3.8, 4) is 5.75 Å². The highest BCUT2D eigenvalue weighted by molar-refractivity contribution is 6.33. The molecule has 3 N–H and O–H groups in total. The number of piperazine rings is 1. The molecule has 1 fully saturated rings. The number of ether oxygens (including phenoxy) is 1. The Kier molecular flexibility index (Phi) is 8.41. The number of carbonyl (C=O) groups excluding carboxylic acids is 1. The van der Waals surface area contributed by atoms with Gasteiger partial charge in [0.15, 0.2) is 12.6 Å². The van der Waals surface area contributed by atoms with Gasteiger partial charge in [-0.2, -0.15) is 0 Å². The number of nitrogens with zero attached hydrogens (tertiary/aromatic N) is 3. The van der Waals surface area contributed by atoms with E-state index in [4.69, 9.17) is 27.1 Å². The van der Waals surface area contributed by atoms with Gasteiger partial charge in [0.1, 0.15) is 5.75 Å². The molecule has 0 atom stereocenters. The number of halogens is 1. The third-order valence-electron chi connectivity index (χ3n) is 5.07. The number of hydrogen-bond acceptors (Lipinski definition) is 4. The van der Waals surface area contributed by atoms with Gasteiger partial charge in [0.05, 0.1) is 10.7 Å². The standard InChI is InChI=1S/C23H30ClN5O2/c1-2-26-23(27-12-11-18-7-9-19(10-8-18)31-17-22(25)30)29-15-13-28(14-16-29)21-6-4-3-5-20(21)24/h3-10H,2,11-17H2,1H3,(H2,25,30)(H,26,27). The van der Waals surface area contributed by atoms with E-state index in [0.717, 1.165) is 61.4 Å². The minimum absolute atomic E-state index is 0.112. The first-order chi connectivity index (χ1) is 15.1. The fraction of sp³-hybridized carbons (Fsp3) is 0.391. The number of anilines is 1. The monoisotopic (exact) mass is 443 g/mol. The Morgan fingerprint density at radius 3 is 2.48 bits per heavy atom. The van der Waals surface area contributed by atoms with Gasteiger partial charge in [-0.15, -0.1) is 0 Å². The molecule has 7 nitrogen and oxygen atoms in total. The van der Waals surface area contributed by atoms with Crippen molar-refractivity contribution in [2.75, 3.05) is 50.8 Å². The van der Waals surface area contributed by atoms with E-state index in [-0.39, 0.29) is 6.61 Å². The fourth-order valence-electron chi connectivity index (χ4n) is 3.49. The highest BCUT2D eigenvalue weighted by Gasteiger charge is 2.20. The summed E-state index contributed by atoms with van der Waals surface area (Å²) < 4.78 is 5.29. The number of nitrogens with one attached hydrogen (secondary N) is 1. The fourth-order valence-corrected chi connectivity index (χ4v) is 3.75. The van der Waals surface area contributed by atoms with Crippen LogP contribution in [0.1, 0.15) is 12.5 Å². The van der Waals surface area contributed by atoms with Crippen LogP contribution in [0, 0.1) is 0 Å². The van der Waals surface area contributed by atoms with Crippen LogP contribution in [0.5, 0.6) is 5.75 Å². The zero-order valence-corrected chi connectivity index (χ0v) is 18.6. The molecular formula is C23H30ClN5O2. The summed E-state index contributed by atoms with van der Waals surface area (Å²) in [5, 5.41) is 4.20. The van der Waals surface area contributed by atoms with Crippen LogP contribution < -0.4 is 20.7 Å². The number of rotatable bonds is 8. The molecule has 1 aliphatic heterocycles. The van der Waals surface area contributed by atoms with E-state index in [1.165, 1.54) is 0 Å².